The normalized spacial score (nSPS) is 10.5. The molecular formula is C11H13FN4O. The van der Waals surface area contributed by atoms with Gasteiger partial charge in [0.2, 0.25) is 5.89 Å². The predicted octanol–water partition coefficient (Wildman–Crippen LogP) is 1.76. The van der Waals surface area contributed by atoms with Crippen LogP contribution >= 0.6 is 0 Å². The number of aryl methyl sites for hydroxylation is 1. The molecule has 0 saturated heterocycles. The Bertz CT molecular complexity index is 512. The Kier molecular flexibility index (Phi) is 3.34. The summed E-state index contributed by atoms with van der Waals surface area (Å²) in [6.45, 7) is 2.31. The highest BCUT2D eigenvalue weighted by Gasteiger charge is 2.07. The number of nitrogens with zero attached hydrogens (tertiary/aromatic N) is 2. The lowest BCUT2D eigenvalue weighted by atomic mass is 10.2. The molecule has 0 aliphatic heterocycles. The Morgan fingerprint density at radius 2 is 2.24 bits per heavy atom. The molecule has 2 aromatic rings. The number of aromatic nitrogens is 2. The first-order valence-electron chi connectivity index (χ1n) is 5.24. The minimum Gasteiger partial charge on any atom is -0.408 e. The van der Waals surface area contributed by atoms with Crippen LogP contribution in [0.25, 0.3) is 0 Å². The third kappa shape index (κ3) is 2.79. The van der Waals surface area contributed by atoms with Crippen LogP contribution in [0.5, 0.6) is 0 Å². The Labute approximate surface area is 97.8 Å². The molecule has 1 aromatic heterocycles. The van der Waals surface area contributed by atoms with E-state index in [0.29, 0.717) is 24.5 Å². The first kappa shape index (κ1) is 11.5. The molecule has 5 nitrogen and oxygen atoms in total. The third-order valence-corrected chi connectivity index (χ3v) is 2.27. The molecule has 0 unspecified atom stereocenters. The second-order valence-electron chi connectivity index (χ2n) is 3.62. The summed E-state index contributed by atoms with van der Waals surface area (Å²) in [6.07, 6.45) is 0.525. The van der Waals surface area contributed by atoms with Crippen molar-refractivity contribution in [2.24, 2.45) is 5.73 Å². The van der Waals surface area contributed by atoms with E-state index in [4.69, 9.17) is 10.2 Å². The highest BCUT2D eigenvalue weighted by atomic mass is 19.1. The summed E-state index contributed by atoms with van der Waals surface area (Å²) in [6, 6.07) is 4.69. The van der Waals surface area contributed by atoms with Crippen molar-refractivity contribution in [2.45, 2.75) is 13.3 Å². The maximum absolute atomic E-state index is 13.1. The maximum atomic E-state index is 13.1. The standard InChI is InChI=1S/C11H13FN4O/c1-7-2-3-8(12)6-9(7)14-11-16-15-10(17-11)4-5-13/h2-3,6H,4-5,13H2,1H3,(H,14,16). The zero-order valence-electron chi connectivity index (χ0n) is 9.40. The first-order chi connectivity index (χ1) is 8.19. The predicted molar refractivity (Wildman–Crippen MR) is 61.5 cm³/mol. The van der Waals surface area contributed by atoms with Crippen molar-refractivity contribution in [1.29, 1.82) is 0 Å². The molecule has 0 saturated carbocycles. The van der Waals surface area contributed by atoms with Gasteiger partial charge in [-0.15, -0.1) is 5.10 Å². The average Bonchev–Trinajstić information content (AvgIpc) is 2.72. The van der Waals surface area contributed by atoms with Crippen LogP contribution in [0.2, 0.25) is 0 Å². The van der Waals surface area contributed by atoms with Crippen LogP contribution in [0.4, 0.5) is 16.1 Å². The highest BCUT2D eigenvalue weighted by molar-refractivity contribution is 5.56. The van der Waals surface area contributed by atoms with Crippen LogP contribution in [-0.2, 0) is 6.42 Å². The number of halogens is 1. The summed E-state index contributed by atoms with van der Waals surface area (Å²) in [4.78, 5) is 0. The molecule has 0 aliphatic rings. The van der Waals surface area contributed by atoms with E-state index >= 15 is 0 Å². The lowest BCUT2D eigenvalue weighted by Crippen LogP contribution is -2.02. The van der Waals surface area contributed by atoms with Gasteiger partial charge >= 0.3 is 6.01 Å². The molecule has 0 fully saturated rings. The summed E-state index contributed by atoms with van der Waals surface area (Å²) < 4.78 is 18.3. The molecule has 0 bridgehead atoms. The molecule has 0 radical (unpaired) electrons. The van der Waals surface area contributed by atoms with Crippen LogP contribution in [-0.4, -0.2) is 16.7 Å². The van der Waals surface area contributed by atoms with E-state index in [9.17, 15) is 4.39 Å². The summed E-state index contributed by atoms with van der Waals surface area (Å²) in [7, 11) is 0. The second-order valence-corrected chi connectivity index (χ2v) is 3.62. The monoisotopic (exact) mass is 236 g/mol. The van der Waals surface area contributed by atoms with E-state index in [-0.39, 0.29) is 11.8 Å². The van der Waals surface area contributed by atoms with E-state index in [0.717, 1.165) is 5.56 Å². The summed E-state index contributed by atoms with van der Waals surface area (Å²) in [5, 5.41) is 10.5. The Balaban J connectivity index is 2.16. The van der Waals surface area contributed by atoms with E-state index in [2.05, 4.69) is 15.5 Å². The van der Waals surface area contributed by atoms with Crippen molar-refractivity contribution < 1.29 is 8.81 Å². The fourth-order valence-electron chi connectivity index (χ4n) is 1.37. The van der Waals surface area contributed by atoms with Crippen molar-refractivity contribution in [3.8, 4) is 0 Å². The van der Waals surface area contributed by atoms with E-state index < -0.39 is 0 Å². The quantitative estimate of drug-likeness (QED) is 0.845. The first-order valence-corrected chi connectivity index (χ1v) is 5.24. The van der Waals surface area contributed by atoms with Crippen molar-refractivity contribution in [3.63, 3.8) is 0 Å². The van der Waals surface area contributed by atoms with Crippen LogP contribution in [0.1, 0.15) is 11.5 Å². The summed E-state index contributed by atoms with van der Waals surface area (Å²) in [5.41, 5.74) is 6.87. The van der Waals surface area contributed by atoms with Crippen LogP contribution in [0.3, 0.4) is 0 Å². The third-order valence-electron chi connectivity index (χ3n) is 2.27. The van der Waals surface area contributed by atoms with Gasteiger partial charge in [-0.3, -0.25) is 0 Å². The molecule has 90 valence electrons. The minimum atomic E-state index is -0.320. The van der Waals surface area contributed by atoms with E-state index in [1.807, 2.05) is 6.92 Å². The number of nitrogens with one attached hydrogen (secondary N) is 1. The van der Waals surface area contributed by atoms with Gasteiger partial charge in [-0.25, -0.2) is 4.39 Å². The maximum Gasteiger partial charge on any atom is 0.320 e. The number of anilines is 2. The van der Waals surface area contributed by atoms with Crippen molar-refractivity contribution in [2.75, 3.05) is 11.9 Å². The van der Waals surface area contributed by atoms with Gasteiger partial charge in [-0.2, -0.15) is 0 Å². The van der Waals surface area contributed by atoms with Gasteiger partial charge in [0.25, 0.3) is 0 Å². The SMILES string of the molecule is Cc1ccc(F)cc1Nc1nnc(CCN)o1. The van der Waals surface area contributed by atoms with Crippen molar-refractivity contribution in [1.82, 2.24) is 10.2 Å². The van der Waals surface area contributed by atoms with E-state index in [1.165, 1.54) is 12.1 Å². The topological polar surface area (TPSA) is 77.0 Å². The van der Waals surface area contributed by atoms with Crippen molar-refractivity contribution >= 4 is 11.7 Å². The smallest absolute Gasteiger partial charge is 0.320 e. The number of rotatable bonds is 4. The largest absolute Gasteiger partial charge is 0.408 e. The van der Waals surface area contributed by atoms with Crippen LogP contribution in [0.15, 0.2) is 22.6 Å². The molecule has 0 aliphatic carbocycles. The van der Waals surface area contributed by atoms with Gasteiger partial charge in [0.05, 0.1) is 0 Å². The second kappa shape index (κ2) is 4.92. The fraction of sp³-hybridized carbons (Fsp3) is 0.273. The molecule has 1 aromatic carbocycles. The molecule has 0 spiro atoms. The summed E-state index contributed by atoms with van der Waals surface area (Å²) >= 11 is 0. The molecule has 1 heterocycles. The number of nitrogens with two attached hydrogens (primary N) is 1. The van der Waals surface area contributed by atoms with Crippen LogP contribution < -0.4 is 11.1 Å². The highest BCUT2D eigenvalue weighted by Crippen LogP contribution is 2.20. The van der Waals surface area contributed by atoms with E-state index in [1.54, 1.807) is 6.07 Å². The summed E-state index contributed by atoms with van der Waals surface area (Å²) in [5.74, 6) is 0.142. The molecule has 6 heteroatoms. The molecule has 2 rings (SSSR count). The Morgan fingerprint density at radius 3 is 3.00 bits per heavy atom. The average molecular weight is 236 g/mol. The van der Waals surface area contributed by atoms with Gasteiger partial charge in [-0.1, -0.05) is 11.2 Å². The molecule has 17 heavy (non-hydrogen) atoms. The van der Waals surface area contributed by atoms with Crippen molar-refractivity contribution in [3.05, 3.63) is 35.5 Å². The van der Waals surface area contributed by atoms with Gasteiger partial charge < -0.3 is 15.5 Å². The van der Waals surface area contributed by atoms with Gasteiger partial charge in [0.1, 0.15) is 5.82 Å². The van der Waals surface area contributed by atoms with Crippen LogP contribution in [0, 0.1) is 12.7 Å². The fourth-order valence-corrected chi connectivity index (χ4v) is 1.37. The lowest BCUT2D eigenvalue weighted by Gasteiger charge is -2.04. The minimum absolute atomic E-state index is 0.238. The number of hydrogen-bond donors (Lipinski definition) is 2. The molecular weight excluding hydrogens is 223 g/mol. The molecule has 3 N–H and O–H groups in total. The Morgan fingerprint density at radius 1 is 1.41 bits per heavy atom. The van der Waals surface area contributed by atoms with Gasteiger partial charge in [0.15, 0.2) is 0 Å². The van der Waals surface area contributed by atoms with Gasteiger partial charge in [0, 0.05) is 18.7 Å². The Hall–Kier alpha value is -1.95. The molecule has 0 atom stereocenters. The number of hydrogen-bond acceptors (Lipinski definition) is 5. The zero-order chi connectivity index (χ0) is 12.3. The number of benzene rings is 1. The lowest BCUT2D eigenvalue weighted by molar-refractivity contribution is 0.509. The van der Waals surface area contributed by atoms with Gasteiger partial charge in [-0.05, 0) is 24.6 Å². The molecule has 0 amide bonds. The zero-order valence-corrected chi connectivity index (χ0v) is 9.40.